The molecule has 0 N–H and O–H groups in total. The maximum absolute atomic E-state index is 2.40. The molecule has 4 rings (SSSR count). The van der Waals surface area contributed by atoms with E-state index in [1.54, 1.807) is 0 Å². The lowest BCUT2D eigenvalue weighted by atomic mass is 10.1. The molecule has 0 fully saturated rings. The van der Waals surface area contributed by atoms with Crippen molar-refractivity contribution < 1.29 is 0 Å². The number of aryl methyl sites for hydroxylation is 5. The number of rotatable bonds is 5. The van der Waals surface area contributed by atoms with Crippen LogP contribution in [-0.2, 0) is 10.9 Å². The molecule has 4 aromatic rings. The zero-order valence-corrected chi connectivity index (χ0v) is 20.8. The molecule has 0 bridgehead atoms. The van der Waals surface area contributed by atoms with E-state index >= 15 is 0 Å². The van der Waals surface area contributed by atoms with Crippen molar-refractivity contribution in [1.82, 2.24) is 4.57 Å². The fourth-order valence-corrected chi connectivity index (χ4v) is 7.41. The second-order valence-electron chi connectivity index (χ2n) is 8.24. The maximum atomic E-state index is 2.40. The van der Waals surface area contributed by atoms with Crippen LogP contribution in [0, 0.1) is 34.6 Å². The summed E-state index contributed by atoms with van der Waals surface area (Å²) in [4.78, 5) is 4.11. The van der Waals surface area contributed by atoms with Gasteiger partial charge in [0.25, 0.3) is 0 Å². The molecular formula is C28H30NS2+. The Morgan fingerprint density at radius 2 is 1.13 bits per heavy atom. The summed E-state index contributed by atoms with van der Waals surface area (Å²) in [6, 6.07) is 25.0. The Bertz CT molecular complexity index is 1130. The van der Waals surface area contributed by atoms with Crippen LogP contribution >= 0.6 is 11.8 Å². The molecule has 31 heavy (non-hydrogen) atoms. The second kappa shape index (κ2) is 9.02. The molecule has 3 heteroatoms. The Balaban J connectivity index is 1.92. The van der Waals surface area contributed by atoms with Gasteiger partial charge in [-0.2, -0.15) is 0 Å². The summed E-state index contributed by atoms with van der Waals surface area (Å²) in [5.74, 6) is 0. The average Bonchev–Trinajstić information content (AvgIpc) is 3.13. The molecule has 1 heterocycles. The maximum Gasteiger partial charge on any atom is 0.198 e. The Hall–Kier alpha value is -2.36. The molecule has 158 valence electrons. The van der Waals surface area contributed by atoms with E-state index in [4.69, 9.17) is 0 Å². The number of nitrogens with zero attached hydrogens (tertiary/aromatic N) is 1. The van der Waals surface area contributed by atoms with E-state index < -0.39 is 0 Å². The quantitative estimate of drug-likeness (QED) is 0.224. The summed E-state index contributed by atoms with van der Waals surface area (Å²) in [7, 11) is -0.155. The van der Waals surface area contributed by atoms with Gasteiger partial charge < -0.3 is 4.57 Å². The highest BCUT2D eigenvalue weighted by atomic mass is 32.2. The molecule has 1 nitrogen and oxygen atoms in total. The molecular weight excluding hydrogens is 414 g/mol. The molecule has 0 spiro atoms. The predicted octanol–water partition coefficient (Wildman–Crippen LogP) is 7.84. The van der Waals surface area contributed by atoms with Crippen molar-refractivity contribution in [3.05, 3.63) is 101 Å². The largest absolute Gasteiger partial charge is 0.307 e. The van der Waals surface area contributed by atoms with E-state index in [1.165, 1.54) is 53.2 Å². The van der Waals surface area contributed by atoms with E-state index in [-0.39, 0.29) is 10.9 Å². The van der Waals surface area contributed by atoms with Crippen LogP contribution in [0.5, 0.6) is 0 Å². The first-order valence-electron chi connectivity index (χ1n) is 10.6. The molecule has 0 saturated carbocycles. The minimum atomic E-state index is -0.155. The second-order valence-corrected chi connectivity index (χ2v) is 11.0. The number of hydrogen-bond donors (Lipinski definition) is 0. The third-order valence-corrected chi connectivity index (χ3v) is 8.80. The highest BCUT2D eigenvalue weighted by Gasteiger charge is 2.33. The smallest absolute Gasteiger partial charge is 0.198 e. The monoisotopic (exact) mass is 444 g/mol. The van der Waals surface area contributed by atoms with E-state index in [9.17, 15) is 0 Å². The zero-order chi connectivity index (χ0) is 22.1. The first kappa shape index (κ1) is 21.9. The molecule has 0 atom stereocenters. The lowest BCUT2D eigenvalue weighted by molar-refractivity contribution is 0.903. The summed E-state index contributed by atoms with van der Waals surface area (Å²) < 4.78 is 2.40. The fraction of sp³-hybridized carbons (Fsp3) is 0.214. The van der Waals surface area contributed by atoms with Crippen molar-refractivity contribution in [2.24, 2.45) is 0 Å². The summed E-state index contributed by atoms with van der Waals surface area (Å²) in [5.41, 5.74) is 7.85. The van der Waals surface area contributed by atoms with Gasteiger partial charge >= 0.3 is 0 Å². The summed E-state index contributed by atoms with van der Waals surface area (Å²) >= 11 is 1.84. The van der Waals surface area contributed by atoms with Crippen LogP contribution in [0.1, 0.15) is 27.8 Å². The highest BCUT2D eigenvalue weighted by Crippen LogP contribution is 2.39. The first-order valence-corrected chi connectivity index (χ1v) is 13.0. The van der Waals surface area contributed by atoms with Gasteiger partial charge in [-0.25, -0.2) is 0 Å². The number of hydrogen-bond acceptors (Lipinski definition) is 1. The Labute approximate surface area is 193 Å². The molecule has 0 unspecified atom stereocenters. The molecule has 3 aromatic carbocycles. The van der Waals surface area contributed by atoms with Gasteiger partial charge in [0, 0.05) is 12.3 Å². The van der Waals surface area contributed by atoms with E-state index in [1.807, 2.05) is 11.8 Å². The van der Waals surface area contributed by atoms with Gasteiger partial charge in [0.2, 0.25) is 0 Å². The van der Waals surface area contributed by atoms with Crippen molar-refractivity contribution in [3.63, 3.8) is 0 Å². The zero-order valence-electron chi connectivity index (χ0n) is 19.2. The SMILES string of the molecule is CSc1c([S+](c2ccc(C)cc2)c2ccc(C)cc2)ccn1-c1c(C)cc(C)cc1C. The lowest BCUT2D eigenvalue weighted by Crippen LogP contribution is -2.07. The normalized spacial score (nSPS) is 11.3. The van der Waals surface area contributed by atoms with Crippen LogP contribution in [0.15, 0.2) is 92.6 Å². The fourth-order valence-electron chi connectivity index (χ4n) is 4.22. The van der Waals surface area contributed by atoms with Crippen molar-refractivity contribution >= 4 is 22.7 Å². The molecule has 0 aliphatic carbocycles. The minimum Gasteiger partial charge on any atom is -0.307 e. The minimum absolute atomic E-state index is 0.155. The van der Waals surface area contributed by atoms with Crippen LogP contribution in [0.2, 0.25) is 0 Å². The van der Waals surface area contributed by atoms with Crippen LogP contribution in [0.3, 0.4) is 0 Å². The number of benzene rings is 3. The van der Waals surface area contributed by atoms with Crippen LogP contribution in [0.4, 0.5) is 0 Å². The van der Waals surface area contributed by atoms with Gasteiger partial charge in [0.15, 0.2) is 14.7 Å². The highest BCUT2D eigenvalue weighted by molar-refractivity contribution is 8.00. The molecule has 0 saturated heterocycles. The van der Waals surface area contributed by atoms with Gasteiger partial charge in [-0.3, -0.25) is 0 Å². The third kappa shape index (κ3) is 4.35. The molecule has 0 amide bonds. The molecule has 1 aromatic heterocycles. The van der Waals surface area contributed by atoms with Crippen LogP contribution in [0.25, 0.3) is 5.69 Å². The summed E-state index contributed by atoms with van der Waals surface area (Å²) in [6.07, 6.45) is 4.45. The van der Waals surface area contributed by atoms with Gasteiger partial charge in [-0.1, -0.05) is 53.1 Å². The number of aromatic nitrogens is 1. The van der Waals surface area contributed by atoms with Crippen molar-refractivity contribution in [3.8, 4) is 5.69 Å². The van der Waals surface area contributed by atoms with Crippen LogP contribution in [-0.4, -0.2) is 10.8 Å². The van der Waals surface area contributed by atoms with Crippen molar-refractivity contribution in [1.29, 1.82) is 0 Å². The van der Waals surface area contributed by atoms with Crippen molar-refractivity contribution in [2.45, 2.75) is 54.3 Å². The van der Waals surface area contributed by atoms with Gasteiger partial charge in [0.05, 0.1) is 5.69 Å². The van der Waals surface area contributed by atoms with Gasteiger partial charge in [-0.05, 0) is 76.3 Å². The van der Waals surface area contributed by atoms with E-state index in [0.29, 0.717) is 0 Å². The number of thioether (sulfide) groups is 1. The standard InChI is InChI=1S/C28H30NS2/c1-19-7-11-24(12-8-19)31(25-13-9-20(2)10-14-25)26-15-16-29(28(26)30-6)27-22(4)17-21(3)18-23(27)5/h7-18H,1-6H3/q+1. The average molecular weight is 445 g/mol. The third-order valence-electron chi connectivity index (χ3n) is 5.61. The summed E-state index contributed by atoms with van der Waals surface area (Å²) in [6.45, 7) is 10.9. The van der Waals surface area contributed by atoms with Gasteiger partial charge in [-0.15, -0.1) is 11.8 Å². The van der Waals surface area contributed by atoms with Crippen molar-refractivity contribution in [2.75, 3.05) is 6.26 Å². The predicted molar refractivity (Wildman–Crippen MR) is 136 cm³/mol. The Morgan fingerprint density at radius 3 is 1.58 bits per heavy atom. The van der Waals surface area contributed by atoms with Gasteiger partial charge in [0.1, 0.15) is 15.9 Å². The lowest BCUT2D eigenvalue weighted by Gasteiger charge is -2.16. The molecule has 0 radical (unpaired) electrons. The Kier molecular flexibility index (Phi) is 6.36. The summed E-state index contributed by atoms with van der Waals surface area (Å²) in [5, 5.41) is 1.32. The van der Waals surface area contributed by atoms with E-state index in [2.05, 4.69) is 118 Å². The van der Waals surface area contributed by atoms with E-state index in [0.717, 1.165) is 0 Å². The topological polar surface area (TPSA) is 4.93 Å². The molecule has 0 aliphatic heterocycles. The van der Waals surface area contributed by atoms with Crippen LogP contribution < -0.4 is 0 Å². The molecule has 0 aliphatic rings. The Morgan fingerprint density at radius 1 is 0.645 bits per heavy atom. The first-order chi connectivity index (χ1) is 14.9.